The fraction of sp³-hybridized carbons (Fsp3) is 0.500. The Hall–Kier alpha value is -1.64. The van der Waals surface area contributed by atoms with E-state index in [0.29, 0.717) is 13.1 Å². The molecule has 2 unspecified atom stereocenters. The van der Waals surface area contributed by atoms with Gasteiger partial charge in [0.05, 0.1) is 29.8 Å². The van der Waals surface area contributed by atoms with Crippen LogP contribution in [0, 0.1) is 23.7 Å². The number of nitrogens with two attached hydrogens (primary N) is 1. The average Bonchev–Trinajstić information content (AvgIpc) is 3.05. The highest BCUT2D eigenvalue weighted by Crippen LogP contribution is 2.38. The van der Waals surface area contributed by atoms with E-state index in [0.717, 1.165) is 35.4 Å². The standard InChI is InChI=1S/C16H18N2O2S/c17-9-3-4-11-7-8-12(21-11)10-18-15(19)13-5-1-2-6-14(13)16(18)20/h7-8,13-14H,1-2,5-6,9-10,17H2. The summed E-state index contributed by atoms with van der Waals surface area (Å²) in [6, 6.07) is 3.86. The Morgan fingerprint density at radius 2 is 1.86 bits per heavy atom. The molecular formula is C16H18N2O2S. The van der Waals surface area contributed by atoms with Crippen LogP contribution in [0.15, 0.2) is 12.1 Å². The van der Waals surface area contributed by atoms with Gasteiger partial charge >= 0.3 is 0 Å². The van der Waals surface area contributed by atoms with Gasteiger partial charge in [0.25, 0.3) is 0 Å². The summed E-state index contributed by atoms with van der Waals surface area (Å²) in [5.74, 6) is 5.70. The lowest BCUT2D eigenvalue weighted by Crippen LogP contribution is -2.30. The van der Waals surface area contributed by atoms with Crippen LogP contribution in [0.3, 0.4) is 0 Å². The lowest BCUT2D eigenvalue weighted by Gasteiger charge is -2.19. The summed E-state index contributed by atoms with van der Waals surface area (Å²) in [5, 5.41) is 0. The van der Waals surface area contributed by atoms with Crippen LogP contribution in [-0.4, -0.2) is 23.3 Å². The zero-order chi connectivity index (χ0) is 14.8. The first kappa shape index (κ1) is 14.3. The SMILES string of the molecule is NCC#Cc1ccc(CN2C(=O)C3CCCCC3C2=O)s1. The number of hydrogen-bond acceptors (Lipinski definition) is 4. The van der Waals surface area contributed by atoms with Gasteiger partial charge in [-0.2, -0.15) is 0 Å². The van der Waals surface area contributed by atoms with Gasteiger partial charge < -0.3 is 5.73 Å². The number of amides is 2. The molecule has 1 aliphatic heterocycles. The molecule has 2 N–H and O–H groups in total. The molecule has 2 aliphatic rings. The number of thiophene rings is 1. The number of imide groups is 1. The van der Waals surface area contributed by atoms with Gasteiger partial charge in [-0.15, -0.1) is 11.3 Å². The summed E-state index contributed by atoms with van der Waals surface area (Å²) in [7, 11) is 0. The highest BCUT2D eigenvalue weighted by molar-refractivity contribution is 7.12. The summed E-state index contributed by atoms with van der Waals surface area (Å²) in [4.78, 5) is 28.2. The Balaban J connectivity index is 1.74. The van der Waals surface area contributed by atoms with Gasteiger partial charge in [-0.1, -0.05) is 24.7 Å². The van der Waals surface area contributed by atoms with Gasteiger partial charge in [0.1, 0.15) is 0 Å². The summed E-state index contributed by atoms with van der Waals surface area (Å²) in [6.45, 7) is 0.722. The van der Waals surface area contributed by atoms with Crippen molar-refractivity contribution >= 4 is 23.2 Å². The summed E-state index contributed by atoms with van der Waals surface area (Å²) >= 11 is 1.52. The van der Waals surface area contributed by atoms with E-state index in [1.54, 1.807) is 0 Å². The molecule has 1 aromatic heterocycles. The Morgan fingerprint density at radius 1 is 1.19 bits per heavy atom. The number of fused-ring (bicyclic) bond motifs is 1. The van der Waals surface area contributed by atoms with Gasteiger partial charge in [0, 0.05) is 4.88 Å². The largest absolute Gasteiger partial charge is 0.320 e. The van der Waals surface area contributed by atoms with Crippen molar-refractivity contribution in [2.75, 3.05) is 6.54 Å². The molecule has 0 radical (unpaired) electrons. The molecule has 2 atom stereocenters. The minimum absolute atomic E-state index is 0.0210. The van der Waals surface area contributed by atoms with Gasteiger partial charge in [-0.3, -0.25) is 14.5 Å². The van der Waals surface area contributed by atoms with Crippen LogP contribution in [-0.2, 0) is 16.1 Å². The van der Waals surface area contributed by atoms with Gasteiger partial charge in [0.2, 0.25) is 11.8 Å². The smallest absolute Gasteiger partial charge is 0.233 e. The third kappa shape index (κ3) is 2.74. The first-order valence-corrected chi connectivity index (χ1v) is 8.15. The quantitative estimate of drug-likeness (QED) is 0.668. The molecule has 1 saturated heterocycles. The molecular weight excluding hydrogens is 284 g/mol. The molecule has 1 saturated carbocycles. The Kier molecular flexibility index (Phi) is 4.09. The molecule has 0 spiro atoms. The molecule has 21 heavy (non-hydrogen) atoms. The lowest BCUT2D eigenvalue weighted by atomic mass is 9.81. The molecule has 2 amide bonds. The second-order valence-electron chi connectivity index (χ2n) is 5.53. The third-order valence-electron chi connectivity index (χ3n) is 4.22. The summed E-state index contributed by atoms with van der Waals surface area (Å²) in [5.41, 5.74) is 5.35. The number of carbonyl (C=O) groups is 2. The average molecular weight is 302 g/mol. The fourth-order valence-electron chi connectivity index (χ4n) is 3.21. The molecule has 110 valence electrons. The van der Waals surface area contributed by atoms with Crippen LogP contribution in [0.5, 0.6) is 0 Å². The van der Waals surface area contributed by atoms with Crippen molar-refractivity contribution < 1.29 is 9.59 Å². The molecule has 1 aromatic rings. The van der Waals surface area contributed by atoms with E-state index in [4.69, 9.17) is 5.73 Å². The molecule has 4 nitrogen and oxygen atoms in total. The number of hydrogen-bond donors (Lipinski definition) is 1. The van der Waals surface area contributed by atoms with Crippen molar-refractivity contribution in [1.82, 2.24) is 4.90 Å². The van der Waals surface area contributed by atoms with Crippen molar-refractivity contribution in [2.24, 2.45) is 17.6 Å². The van der Waals surface area contributed by atoms with Gasteiger partial charge in [-0.25, -0.2) is 0 Å². The maximum absolute atomic E-state index is 12.4. The minimum Gasteiger partial charge on any atom is -0.320 e. The number of nitrogens with zero attached hydrogens (tertiary/aromatic N) is 1. The highest BCUT2D eigenvalue weighted by atomic mass is 32.1. The van der Waals surface area contributed by atoms with Crippen molar-refractivity contribution in [3.8, 4) is 11.8 Å². The van der Waals surface area contributed by atoms with E-state index in [9.17, 15) is 9.59 Å². The van der Waals surface area contributed by atoms with Crippen LogP contribution in [0.25, 0.3) is 0 Å². The molecule has 2 heterocycles. The van der Waals surface area contributed by atoms with Crippen molar-refractivity contribution in [2.45, 2.75) is 32.2 Å². The normalized spacial score (nSPS) is 24.7. The van der Waals surface area contributed by atoms with E-state index in [-0.39, 0.29) is 23.7 Å². The monoisotopic (exact) mass is 302 g/mol. The second-order valence-corrected chi connectivity index (χ2v) is 6.70. The number of rotatable bonds is 2. The molecule has 5 heteroatoms. The van der Waals surface area contributed by atoms with Gasteiger partial charge in [0.15, 0.2) is 0 Å². The first-order valence-electron chi connectivity index (χ1n) is 7.33. The van der Waals surface area contributed by atoms with Crippen molar-refractivity contribution in [3.05, 3.63) is 21.9 Å². The molecule has 0 bridgehead atoms. The number of likely N-dealkylation sites (tertiary alicyclic amines) is 1. The summed E-state index contributed by atoms with van der Waals surface area (Å²) < 4.78 is 0. The van der Waals surface area contributed by atoms with Crippen molar-refractivity contribution in [3.63, 3.8) is 0 Å². The zero-order valence-electron chi connectivity index (χ0n) is 11.8. The maximum atomic E-state index is 12.4. The van der Waals surface area contributed by atoms with E-state index < -0.39 is 0 Å². The zero-order valence-corrected chi connectivity index (χ0v) is 12.6. The Morgan fingerprint density at radius 3 is 2.48 bits per heavy atom. The van der Waals surface area contributed by atoms with E-state index in [2.05, 4.69) is 11.8 Å². The molecule has 3 rings (SSSR count). The number of carbonyl (C=O) groups excluding carboxylic acids is 2. The van der Waals surface area contributed by atoms with Crippen LogP contribution < -0.4 is 5.73 Å². The Bertz CT molecular complexity index is 602. The van der Waals surface area contributed by atoms with Crippen LogP contribution in [0.1, 0.15) is 35.4 Å². The second kappa shape index (κ2) is 6.00. The van der Waals surface area contributed by atoms with Gasteiger partial charge in [-0.05, 0) is 25.0 Å². The summed E-state index contributed by atoms with van der Waals surface area (Å²) in [6.07, 6.45) is 3.85. The Labute approximate surface area is 128 Å². The minimum atomic E-state index is -0.0669. The third-order valence-corrected chi connectivity index (χ3v) is 5.21. The molecule has 1 aliphatic carbocycles. The fourth-order valence-corrected chi connectivity index (χ4v) is 4.08. The van der Waals surface area contributed by atoms with Crippen LogP contribution in [0.4, 0.5) is 0 Å². The van der Waals surface area contributed by atoms with Crippen molar-refractivity contribution in [1.29, 1.82) is 0 Å². The lowest BCUT2D eigenvalue weighted by molar-refractivity contribution is -0.140. The molecule has 2 fully saturated rings. The first-order chi connectivity index (χ1) is 10.2. The topological polar surface area (TPSA) is 63.4 Å². The maximum Gasteiger partial charge on any atom is 0.233 e. The van der Waals surface area contributed by atoms with Crippen LogP contribution >= 0.6 is 11.3 Å². The van der Waals surface area contributed by atoms with E-state index >= 15 is 0 Å². The van der Waals surface area contributed by atoms with Crippen LogP contribution in [0.2, 0.25) is 0 Å². The van der Waals surface area contributed by atoms with E-state index in [1.807, 2.05) is 12.1 Å². The predicted molar refractivity (Wildman–Crippen MR) is 81.3 cm³/mol. The highest BCUT2D eigenvalue weighted by Gasteiger charge is 2.47. The molecule has 0 aromatic carbocycles. The van der Waals surface area contributed by atoms with E-state index in [1.165, 1.54) is 16.2 Å². The predicted octanol–water partition coefficient (Wildman–Crippen LogP) is 1.73.